The minimum atomic E-state index is -3.25. The standard InChI is InChI=1S/C9H17N5O2S/c1-14-7-11-13-9(14)5-12-17(15,16)6-8-3-2-4-10-8/h7-8,10,12H,2-6H2,1H3. The summed E-state index contributed by atoms with van der Waals surface area (Å²) in [6.45, 7) is 1.09. The molecule has 1 aliphatic heterocycles. The maximum Gasteiger partial charge on any atom is 0.213 e. The normalized spacial score (nSPS) is 20.9. The van der Waals surface area contributed by atoms with Crippen LogP contribution in [0.25, 0.3) is 0 Å². The van der Waals surface area contributed by atoms with E-state index in [1.165, 1.54) is 0 Å². The molecule has 1 aromatic heterocycles. The largest absolute Gasteiger partial charge is 0.320 e. The van der Waals surface area contributed by atoms with Gasteiger partial charge in [-0.1, -0.05) is 0 Å². The van der Waals surface area contributed by atoms with Crippen LogP contribution in [0, 0.1) is 0 Å². The minimum Gasteiger partial charge on any atom is -0.320 e. The van der Waals surface area contributed by atoms with Crippen LogP contribution >= 0.6 is 0 Å². The molecule has 2 rings (SSSR count). The van der Waals surface area contributed by atoms with Crippen LogP contribution in [0.15, 0.2) is 6.33 Å². The monoisotopic (exact) mass is 259 g/mol. The van der Waals surface area contributed by atoms with Gasteiger partial charge in [0.05, 0.1) is 12.3 Å². The Morgan fingerprint density at radius 3 is 3.06 bits per heavy atom. The predicted octanol–water partition coefficient (Wildman–Crippen LogP) is -1.01. The SMILES string of the molecule is Cn1cnnc1CNS(=O)(=O)CC1CCCN1. The van der Waals surface area contributed by atoms with Gasteiger partial charge in [0, 0.05) is 13.1 Å². The summed E-state index contributed by atoms with van der Waals surface area (Å²) in [5.41, 5.74) is 0. The van der Waals surface area contributed by atoms with E-state index in [9.17, 15) is 8.42 Å². The second-order valence-corrected chi connectivity index (χ2v) is 6.11. The van der Waals surface area contributed by atoms with Crippen molar-refractivity contribution >= 4 is 10.0 Å². The van der Waals surface area contributed by atoms with E-state index in [0.29, 0.717) is 5.82 Å². The number of sulfonamides is 1. The lowest BCUT2D eigenvalue weighted by atomic mass is 10.3. The predicted molar refractivity (Wildman–Crippen MR) is 62.7 cm³/mol. The Morgan fingerprint density at radius 2 is 2.47 bits per heavy atom. The summed E-state index contributed by atoms with van der Waals surface area (Å²) >= 11 is 0. The molecule has 1 atom stereocenters. The van der Waals surface area contributed by atoms with Crippen LogP contribution < -0.4 is 10.0 Å². The first-order valence-electron chi connectivity index (χ1n) is 5.60. The third-order valence-corrected chi connectivity index (χ3v) is 4.26. The number of rotatable bonds is 5. The van der Waals surface area contributed by atoms with E-state index in [4.69, 9.17) is 0 Å². The van der Waals surface area contributed by atoms with E-state index < -0.39 is 10.0 Å². The highest BCUT2D eigenvalue weighted by molar-refractivity contribution is 7.89. The van der Waals surface area contributed by atoms with E-state index in [0.717, 1.165) is 19.4 Å². The molecule has 0 spiro atoms. The van der Waals surface area contributed by atoms with Crippen molar-refractivity contribution < 1.29 is 8.42 Å². The third kappa shape index (κ3) is 3.48. The molecule has 7 nitrogen and oxygen atoms in total. The van der Waals surface area contributed by atoms with Crippen LogP contribution in [0.4, 0.5) is 0 Å². The zero-order valence-corrected chi connectivity index (χ0v) is 10.6. The van der Waals surface area contributed by atoms with E-state index >= 15 is 0 Å². The molecule has 0 saturated carbocycles. The molecule has 0 bridgehead atoms. The summed E-state index contributed by atoms with van der Waals surface area (Å²) in [6, 6.07) is 0.0759. The van der Waals surface area contributed by atoms with Crippen molar-refractivity contribution in [3.63, 3.8) is 0 Å². The molecule has 1 unspecified atom stereocenters. The van der Waals surface area contributed by atoms with Crippen LogP contribution in [0.3, 0.4) is 0 Å². The minimum absolute atomic E-state index is 0.0759. The number of nitrogens with zero attached hydrogens (tertiary/aromatic N) is 3. The summed E-state index contributed by atoms with van der Waals surface area (Å²) < 4.78 is 27.8. The van der Waals surface area contributed by atoms with Gasteiger partial charge in [-0.2, -0.15) is 0 Å². The van der Waals surface area contributed by atoms with E-state index in [1.54, 1.807) is 17.9 Å². The van der Waals surface area contributed by atoms with Crippen molar-refractivity contribution in [3.8, 4) is 0 Å². The highest BCUT2D eigenvalue weighted by atomic mass is 32.2. The summed E-state index contributed by atoms with van der Waals surface area (Å²) in [4.78, 5) is 0. The van der Waals surface area contributed by atoms with Crippen LogP contribution in [-0.2, 0) is 23.6 Å². The van der Waals surface area contributed by atoms with Gasteiger partial charge in [-0.25, -0.2) is 13.1 Å². The molecule has 0 radical (unpaired) electrons. The van der Waals surface area contributed by atoms with Gasteiger partial charge < -0.3 is 9.88 Å². The maximum atomic E-state index is 11.8. The Morgan fingerprint density at radius 1 is 1.65 bits per heavy atom. The molecular weight excluding hydrogens is 242 g/mol. The molecule has 1 aliphatic rings. The second-order valence-electron chi connectivity index (χ2n) is 4.25. The fourth-order valence-corrected chi connectivity index (χ4v) is 3.15. The molecule has 1 aromatic rings. The van der Waals surface area contributed by atoms with Crippen molar-refractivity contribution in [2.24, 2.45) is 7.05 Å². The summed E-state index contributed by atoms with van der Waals surface area (Å²) in [7, 11) is -1.47. The molecule has 0 amide bonds. The van der Waals surface area contributed by atoms with Crippen molar-refractivity contribution in [2.45, 2.75) is 25.4 Å². The summed E-state index contributed by atoms with van der Waals surface area (Å²) in [5, 5.41) is 10.7. The van der Waals surface area contributed by atoms with Crippen LogP contribution in [0.1, 0.15) is 18.7 Å². The van der Waals surface area contributed by atoms with Crippen molar-refractivity contribution in [1.29, 1.82) is 0 Å². The van der Waals surface area contributed by atoms with Gasteiger partial charge in [-0.15, -0.1) is 10.2 Å². The zero-order valence-electron chi connectivity index (χ0n) is 9.76. The van der Waals surface area contributed by atoms with Gasteiger partial charge >= 0.3 is 0 Å². The molecule has 0 aromatic carbocycles. The van der Waals surface area contributed by atoms with Crippen molar-refractivity contribution in [2.75, 3.05) is 12.3 Å². The smallest absolute Gasteiger partial charge is 0.213 e. The van der Waals surface area contributed by atoms with E-state index in [-0.39, 0.29) is 18.3 Å². The average Bonchev–Trinajstić information content (AvgIpc) is 2.87. The van der Waals surface area contributed by atoms with Gasteiger partial charge in [0.1, 0.15) is 12.2 Å². The van der Waals surface area contributed by atoms with Gasteiger partial charge in [-0.3, -0.25) is 0 Å². The summed E-state index contributed by atoms with van der Waals surface area (Å²) in [6.07, 6.45) is 3.51. The van der Waals surface area contributed by atoms with Crippen LogP contribution in [-0.4, -0.2) is 41.5 Å². The number of aryl methyl sites for hydroxylation is 1. The van der Waals surface area contributed by atoms with E-state index in [2.05, 4.69) is 20.2 Å². The van der Waals surface area contributed by atoms with Crippen molar-refractivity contribution in [1.82, 2.24) is 24.8 Å². The topological polar surface area (TPSA) is 88.9 Å². The Hall–Kier alpha value is -0.990. The van der Waals surface area contributed by atoms with Gasteiger partial charge in [-0.05, 0) is 19.4 Å². The second kappa shape index (κ2) is 5.11. The van der Waals surface area contributed by atoms with Crippen LogP contribution in [0.2, 0.25) is 0 Å². The molecule has 96 valence electrons. The molecule has 1 fully saturated rings. The first kappa shape index (κ1) is 12.5. The molecule has 0 aliphatic carbocycles. The number of hydrogen-bond acceptors (Lipinski definition) is 5. The average molecular weight is 259 g/mol. The lowest BCUT2D eigenvalue weighted by molar-refractivity contribution is 0.560. The number of nitrogens with one attached hydrogen (secondary N) is 2. The first-order valence-corrected chi connectivity index (χ1v) is 7.26. The highest BCUT2D eigenvalue weighted by Gasteiger charge is 2.22. The summed E-state index contributed by atoms with van der Waals surface area (Å²) in [5.74, 6) is 0.734. The highest BCUT2D eigenvalue weighted by Crippen LogP contribution is 2.07. The van der Waals surface area contributed by atoms with Crippen molar-refractivity contribution in [3.05, 3.63) is 12.2 Å². The molecular formula is C9H17N5O2S. The van der Waals surface area contributed by atoms with E-state index in [1.807, 2.05) is 0 Å². The fraction of sp³-hybridized carbons (Fsp3) is 0.778. The molecule has 2 N–H and O–H groups in total. The Bertz CT molecular complexity index is 463. The van der Waals surface area contributed by atoms with Gasteiger partial charge in [0.15, 0.2) is 0 Å². The molecule has 17 heavy (non-hydrogen) atoms. The lowest BCUT2D eigenvalue weighted by Crippen LogP contribution is -2.36. The molecule has 1 saturated heterocycles. The quantitative estimate of drug-likeness (QED) is 0.707. The first-order chi connectivity index (χ1) is 8.07. The number of hydrogen-bond donors (Lipinski definition) is 2. The molecule has 8 heteroatoms. The Kier molecular flexibility index (Phi) is 3.75. The fourth-order valence-electron chi connectivity index (χ4n) is 1.86. The lowest BCUT2D eigenvalue weighted by Gasteiger charge is -2.11. The van der Waals surface area contributed by atoms with Crippen LogP contribution in [0.5, 0.6) is 0 Å². The number of aromatic nitrogens is 3. The third-order valence-electron chi connectivity index (χ3n) is 2.84. The zero-order chi connectivity index (χ0) is 12.3. The van der Waals surface area contributed by atoms with Gasteiger partial charge in [0.2, 0.25) is 10.0 Å². The Balaban J connectivity index is 1.87. The Labute approximate surface area is 101 Å². The van der Waals surface area contributed by atoms with Gasteiger partial charge in [0.25, 0.3) is 0 Å². The maximum absolute atomic E-state index is 11.8. The molecule has 2 heterocycles.